The highest BCUT2D eigenvalue weighted by Gasteiger charge is 2.29. The molecule has 0 aliphatic carbocycles. The summed E-state index contributed by atoms with van der Waals surface area (Å²) in [5.74, 6) is -2.92. The van der Waals surface area contributed by atoms with Gasteiger partial charge in [0.25, 0.3) is 11.6 Å². The number of hydrogen-bond donors (Lipinski definition) is 2. The number of nitro groups is 1. The summed E-state index contributed by atoms with van der Waals surface area (Å²) in [6.07, 6.45) is -4.62. The zero-order valence-corrected chi connectivity index (χ0v) is 11.6. The summed E-state index contributed by atoms with van der Waals surface area (Å²) in [5, 5.41) is 21.5. The molecule has 0 saturated carbocycles. The largest absolute Gasteiger partial charge is 0.484 e. The third kappa shape index (κ3) is 5.45. The first-order valence-corrected chi connectivity index (χ1v) is 6.03. The number of carboxylic acid groups (broad SMARTS) is 1. The minimum absolute atomic E-state index is 0.416. The smallest absolute Gasteiger partial charge is 0.422 e. The van der Waals surface area contributed by atoms with Crippen molar-refractivity contribution in [3.63, 3.8) is 0 Å². The lowest BCUT2D eigenvalue weighted by molar-refractivity contribution is -0.385. The van der Waals surface area contributed by atoms with E-state index in [4.69, 9.17) is 5.11 Å². The number of halogens is 3. The van der Waals surface area contributed by atoms with Crippen LogP contribution in [0.25, 0.3) is 0 Å². The number of nitrogens with one attached hydrogen (secondary N) is 1. The Kier molecular flexibility index (Phi) is 5.49. The van der Waals surface area contributed by atoms with Gasteiger partial charge in [0.15, 0.2) is 6.61 Å². The third-order valence-corrected chi connectivity index (χ3v) is 2.53. The van der Waals surface area contributed by atoms with Crippen molar-refractivity contribution in [3.05, 3.63) is 33.9 Å². The number of nitrogens with zero attached hydrogens (tertiary/aromatic N) is 1. The summed E-state index contributed by atoms with van der Waals surface area (Å²) < 4.78 is 40.7. The summed E-state index contributed by atoms with van der Waals surface area (Å²) in [6.45, 7) is -0.520. The Bertz CT molecular complexity index is 632. The molecule has 1 rings (SSSR count). The van der Waals surface area contributed by atoms with Crippen LogP contribution in [0.5, 0.6) is 5.75 Å². The number of hydrogen-bond acceptors (Lipinski definition) is 5. The monoisotopic (exact) mass is 336 g/mol. The Hall–Kier alpha value is -2.85. The number of alkyl halides is 3. The topological polar surface area (TPSA) is 119 Å². The zero-order chi connectivity index (χ0) is 17.8. The minimum Gasteiger partial charge on any atom is -0.484 e. The van der Waals surface area contributed by atoms with E-state index in [1.807, 2.05) is 5.32 Å². The van der Waals surface area contributed by atoms with Crippen LogP contribution in [0, 0.1) is 10.1 Å². The molecule has 0 radical (unpaired) electrons. The van der Waals surface area contributed by atoms with Gasteiger partial charge < -0.3 is 15.2 Å². The molecule has 0 fully saturated rings. The molecule has 1 aromatic rings. The standard InChI is InChI=1S/C12H11F3N2O6/c1-6(11(19)20)16-10(18)8-4-7(23-5-12(13,14)15)2-3-9(8)17(21)22/h2-4,6H,5H2,1H3,(H,16,18)(H,19,20)/t6-/m0/s1. The van der Waals surface area contributed by atoms with Gasteiger partial charge in [0, 0.05) is 6.07 Å². The highest BCUT2D eigenvalue weighted by atomic mass is 19.4. The molecule has 0 bridgehead atoms. The van der Waals surface area contributed by atoms with Gasteiger partial charge in [0.2, 0.25) is 0 Å². The predicted molar refractivity (Wildman–Crippen MR) is 69.2 cm³/mol. The molecule has 0 aliphatic rings. The van der Waals surface area contributed by atoms with Crippen molar-refractivity contribution in [3.8, 4) is 5.75 Å². The number of benzene rings is 1. The summed E-state index contributed by atoms with van der Waals surface area (Å²) in [4.78, 5) is 32.5. The maximum absolute atomic E-state index is 12.1. The van der Waals surface area contributed by atoms with Crippen molar-refractivity contribution in [1.82, 2.24) is 5.32 Å². The van der Waals surface area contributed by atoms with Crippen LogP contribution in [0.2, 0.25) is 0 Å². The van der Waals surface area contributed by atoms with E-state index in [1.165, 1.54) is 0 Å². The first-order valence-electron chi connectivity index (χ1n) is 6.03. The van der Waals surface area contributed by atoms with Crippen LogP contribution < -0.4 is 10.1 Å². The average molecular weight is 336 g/mol. The predicted octanol–water partition coefficient (Wildman–Crippen LogP) is 1.74. The number of ether oxygens (including phenoxy) is 1. The molecule has 0 heterocycles. The minimum atomic E-state index is -4.62. The van der Waals surface area contributed by atoms with Gasteiger partial charge in [-0.25, -0.2) is 0 Å². The molecular weight excluding hydrogens is 325 g/mol. The summed E-state index contributed by atoms with van der Waals surface area (Å²) in [6, 6.07) is 1.10. The second kappa shape index (κ2) is 6.94. The summed E-state index contributed by atoms with van der Waals surface area (Å²) in [7, 11) is 0. The first-order chi connectivity index (χ1) is 10.5. The van der Waals surface area contributed by atoms with Crippen LogP contribution in [-0.2, 0) is 4.79 Å². The van der Waals surface area contributed by atoms with Crippen LogP contribution in [0.15, 0.2) is 18.2 Å². The van der Waals surface area contributed by atoms with Gasteiger partial charge in [-0.05, 0) is 19.1 Å². The number of carboxylic acids is 1. The quantitative estimate of drug-likeness (QED) is 0.603. The van der Waals surface area contributed by atoms with Gasteiger partial charge in [-0.1, -0.05) is 0 Å². The summed E-state index contributed by atoms with van der Waals surface area (Å²) in [5.41, 5.74) is -1.30. The maximum Gasteiger partial charge on any atom is 0.422 e. The fraction of sp³-hybridized carbons (Fsp3) is 0.333. The molecule has 23 heavy (non-hydrogen) atoms. The van der Waals surface area contributed by atoms with Crippen LogP contribution >= 0.6 is 0 Å². The van der Waals surface area contributed by atoms with Crippen molar-refractivity contribution in [2.24, 2.45) is 0 Å². The number of nitro benzene ring substituents is 1. The lowest BCUT2D eigenvalue weighted by Gasteiger charge is -2.12. The van der Waals surface area contributed by atoms with E-state index in [9.17, 15) is 32.9 Å². The van der Waals surface area contributed by atoms with E-state index in [-0.39, 0.29) is 0 Å². The van der Waals surface area contributed by atoms with Gasteiger partial charge >= 0.3 is 12.1 Å². The molecule has 0 spiro atoms. The SMILES string of the molecule is C[C@H](NC(=O)c1cc(OCC(F)(F)F)ccc1[N+](=O)[O-])C(=O)O. The molecule has 8 nitrogen and oxygen atoms in total. The van der Waals surface area contributed by atoms with Gasteiger partial charge in [-0.3, -0.25) is 19.7 Å². The van der Waals surface area contributed by atoms with Crippen molar-refractivity contribution in [2.45, 2.75) is 19.1 Å². The lowest BCUT2D eigenvalue weighted by Crippen LogP contribution is -2.38. The fourth-order valence-electron chi connectivity index (χ4n) is 1.45. The molecule has 0 aliphatic heterocycles. The van der Waals surface area contributed by atoms with Crippen LogP contribution in [0.4, 0.5) is 18.9 Å². The first kappa shape index (κ1) is 18.2. The Morgan fingerprint density at radius 1 is 1.43 bits per heavy atom. The molecule has 0 aromatic heterocycles. The number of aliphatic carboxylic acids is 1. The van der Waals surface area contributed by atoms with E-state index < -0.39 is 52.6 Å². The Morgan fingerprint density at radius 2 is 2.04 bits per heavy atom. The van der Waals surface area contributed by atoms with E-state index in [1.54, 1.807) is 0 Å². The fourth-order valence-corrected chi connectivity index (χ4v) is 1.45. The third-order valence-electron chi connectivity index (χ3n) is 2.53. The second-order valence-electron chi connectivity index (χ2n) is 4.37. The normalized spacial score (nSPS) is 12.3. The number of carbonyl (C=O) groups excluding carboxylic acids is 1. The van der Waals surface area contributed by atoms with Crippen molar-refractivity contribution in [2.75, 3.05) is 6.61 Å². The molecule has 1 aromatic carbocycles. The highest BCUT2D eigenvalue weighted by molar-refractivity contribution is 6.00. The lowest BCUT2D eigenvalue weighted by atomic mass is 10.1. The van der Waals surface area contributed by atoms with Crippen molar-refractivity contribution < 1.29 is 37.5 Å². The molecule has 0 unspecified atom stereocenters. The molecular formula is C12H11F3N2O6. The van der Waals surface area contributed by atoms with Gasteiger partial charge in [-0.15, -0.1) is 0 Å². The van der Waals surface area contributed by atoms with E-state index in [0.717, 1.165) is 25.1 Å². The highest BCUT2D eigenvalue weighted by Crippen LogP contribution is 2.26. The van der Waals surface area contributed by atoms with Crippen molar-refractivity contribution in [1.29, 1.82) is 0 Å². The van der Waals surface area contributed by atoms with Crippen LogP contribution in [0.1, 0.15) is 17.3 Å². The summed E-state index contributed by atoms with van der Waals surface area (Å²) >= 11 is 0. The molecule has 1 atom stereocenters. The van der Waals surface area contributed by atoms with Crippen LogP contribution in [-0.4, -0.2) is 40.7 Å². The number of carbonyl (C=O) groups is 2. The number of rotatable bonds is 6. The Labute approximate surface area is 127 Å². The van der Waals surface area contributed by atoms with Gasteiger partial charge in [-0.2, -0.15) is 13.2 Å². The maximum atomic E-state index is 12.1. The second-order valence-corrected chi connectivity index (χ2v) is 4.37. The Balaban J connectivity index is 3.08. The zero-order valence-electron chi connectivity index (χ0n) is 11.6. The van der Waals surface area contributed by atoms with Crippen LogP contribution in [0.3, 0.4) is 0 Å². The molecule has 0 saturated heterocycles. The average Bonchev–Trinajstić information content (AvgIpc) is 2.43. The van der Waals surface area contributed by atoms with Crippen molar-refractivity contribution >= 4 is 17.6 Å². The van der Waals surface area contributed by atoms with Gasteiger partial charge in [0.05, 0.1) is 4.92 Å². The molecule has 1 amide bonds. The van der Waals surface area contributed by atoms with E-state index >= 15 is 0 Å². The van der Waals surface area contributed by atoms with E-state index in [2.05, 4.69) is 4.74 Å². The Morgan fingerprint density at radius 3 is 2.52 bits per heavy atom. The molecule has 2 N–H and O–H groups in total. The van der Waals surface area contributed by atoms with E-state index in [0.29, 0.717) is 0 Å². The van der Waals surface area contributed by atoms with Gasteiger partial charge in [0.1, 0.15) is 17.4 Å². The molecule has 126 valence electrons. The molecule has 11 heteroatoms. The number of amides is 1.